The third-order valence-electron chi connectivity index (χ3n) is 15.0. The minimum atomic E-state index is 0.0120. The van der Waals surface area contributed by atoms with Crippen molar-refractivity contribution in [3.63, 3.8) is 0 Å². The van der Waals surface area contributed by atoms with Crippen molar-refractivity contribution >= 4 is 39.7 Å². The lowest BCUT2D eigenvalue weighted by molar-refractivity contribution is 0.546. The molecule has 0 spiro atoms. The fourth-order valence-electron chi connectivity index (χ4n) is 11.0. The summed E-state index contributed by atoms with van der Waals surface area (Å²) in [5.41, 5.74) is 25.0. The van der Waals surface area contributed by atoms with Crippen LogP contribution in [0.4, 0.5) is 0 Å². The second-order valence-electron chi connectivity index (χ2n) is 20.2. The molecular weight excluding hydrogens is 897 g/mol. The molecule has 7 aromatic carbocycles. The van der Waals surface area contributed by atoms with Crippen molar-refractivity contribution in [2.75, 3.05) is 0 Å². The predicted octanol–water partition coefficient (Wildman–Crippen LogP) is 21.2. The highest BCUT2D eigenvalue weighted by Gasteiger charge is 2.36. The van der Waals surface area contributed by atoms with Gasteiger partial charge in [0.1, 0.15) is 22.7 Å². The number of furan rings is 2. The molecule has 0 saturated carbocycles. The highest BCUT2D eigenvalue weighted by molar-refractivity contribution is 5.93. The number of allylic oxidation sites excluding steroid dienone is 6. The first-order chi connectivity index (χ1) is 36.2. The van der Waals surface area contributed by atoms with Gasteiger partial charge in [-0.25, -0.2) is 0 Å². The van der Waals surface area contributed by atoms with Crippen LogP contribution in [-0.2, 0) is 24.7 Å². The first-order valence-electron chi connectivity index (χ1n) is 27.5. The molecule has 2 heterocycles. The molecule has 0 radical (unpaired) electrons. The van der Waals surface area contributed by atoms with E-state index in [1.807, 2.05) is 27.7 Å². The summed E-state index contributed by atoms with van der Waals surface area (Å²) in [6.07, 6.45) is 22.2. The highest BCUT2D eigenvalue weighted by Crippen LogP contribution is 2.51. The lowest BCUT2D eigenvalue weighted by atomic mass is 9.81. The Hall–Kier alpha value is -7.42. The largest absolute Gasteiger partial charge is 0.460 e. The lowest BCUT2D eigenvalue weighted by Gasteiger charge is -2.22. The van der Waals surface area contributed by atoms with Crippen LogP contribution in [0.15, 0.2) is 190 Å². The van der Waals surface area contributed by atoms with Crippen LogP contribution in [0.5, 0.6) is 0 Å². The second-order valence-corrected chi connectivity index (χ2v) is 20.2. The van der Waals surface area contributed by atoms with E-state index in [1.165, 1.54) is 118 Å². The Bertz CT molecular complexity index is 3520. The molecule has 0 unspecified atom stereocenters. The van der Waals surface area contributed by atoms with Gasteiger partial charge in [0.25, 0.3) is 0 Å². The molecule has 0 N–H and O–H groups in total. The molecule has 74 heavy (non-hydrogen) atoms. The number of benzene rings is 7. The van der Waals surface area contributed by atoms with Crippen LogP contribution < -0.4 is 0 Å². The fraction of sp³-hybridized carbons (Fsp3) is 0.250. The summed E-state index contributed by atoms with van der Waals surface area (Å²) in [7, 11) is 0. The normalized spacial score (nSPS) is 14.2. The predicted molar refractivity (Wildman–Crippen MR) is 320 cm³/mol. The maximum atomic E-state index is 5.97. The Morgan fingerprint density at radius 3 is 1.89 bits per heavy atom. The number of hydrogen-bond acceptors (Lipinski definition) is 2. The molecule has 13 rings (SSSR count). The van der Waals surface area contributed by atoms with Crippen LogP contribution in [0, 0.1) is 6.92 Å². The Labute approximate surface area is 441 Å². The van der Waals surface area contributed by atoms with Gasteiger partial charge in [-0.05, 0) is 167 Å². The van der Waals surface area contributed by atoms with E-state index in [9.17, 15) is 0 Å². The summed E-state index contributed by atoms with van der Waals surface area (Å²) in [5.74, 6) is 2.18. The van der Waals surface area contributed by atoms with E-state index in [0.717, 1.165) is 61.2 Å². The molecule has 4 aliphatic carbocycles. The summed E-state index contributed by atoms with van der Waals surface area (Å²) in [5, 5.41) is 2.53. The zero-order chi connectivity index (χ0) is 51.8. The van der Waals surface area contributed by atoms with E-state index < -0.39 is 0 Å². The Kier molecular flexibility index (Phi) is 16.1. The standard InChI is InChI=1S/C30H28.C19H18O.C19H16O.2C2H6/c1-4-9-21-10-8-13-23(18-21)24-15-17-28-27(19-24)26-16-14-25(20-29(26)30(28,2)3)22-11-6-5-7-12-22;2*1-13-6-8-14(9-7-13)15-10-11-19-17(12-15)16-4-2-3-5-18(16)20-19;2*1-2/h5-8,10-20H,4,9H2,1-3H3;2,4,6,8,10-12H,3,5,7,9H2,1H3;3,5-12H,2,4H2,1H3;2*1-2H3. The van der Waals surface area contributed by atoms with Gasteiger partial charge in [-0.2, -0.15) is 0 Å². The van der Waals surface area contributed by atoms with Crippen molar-refractivity contribution in [3.8, 4) is 44.5 Å². The van der Waals surface area contributed by atoms with E-state index in [4.69, 9.17) is 8.83 Å². The molecule has 9 aromatic rings. The summed E-state index contributed by atoms with van der Waals surface area (Å²) in [4.78, 5) is 0. The summed E-state index contributed by atoms with van der Waals surface area (Å²) in [6.45, 7) is 19.3. The van der Waals surface area contributed by atoms with Gasteiger partial charge in [0.2, 0.25) is 0 Å². The SMILES string of the molecule is CC.CC.CC1=CC=C(c2ccc3oc4c(c3c2)C=CCC4)CC1.CCCc1cccc(-c2ccc3c(c2)-c2ccc(-c4ccccc4)cc2C3(C)C)c1.Cc1ccc(-c2ccc3oc4c(c3c2)CCC=C4)cc1. The van der Waals surface area contributed by atoms with E-state index in [-0.39, 0.29) is 5.41 Å². The molecular formula is C72H74O2. The minimum Gasteiger partial charge on any atom is -0.460 e. The monoisotopic (exact) mass is 971 g/mol. The van der Waals surface area contributed by atoms with Crippen molar-refractivity contribution < 1.29 is 8.83 Å². The summed E-state index contributed by atoms with van der Waals surface area (Å²) >= 11 is 0. The highest BCUT2D eigenvalue weighted by atomic mass is 16.3. The van der Waals surface area contributed by atoms with Crippen LogP contribution in [0.1, 0.15) is 138 Å². The van der Waals surface area contributed by atoms with Crippen molar-refractivity contribution in [1.82, 2.24) is 0 Å². The van der Waals surface area contributed by atoms with Crippen LogP contribution in [-0.4, -0.2) is 0 Å². The van der Waals surface area contributed by atoms with Gasteiger partial charge in [-0.3, -0.25) is 0 Å². The smallest absolute Gasteiger partial charge is 0.135 e. The maximum absolute atomic E-state index is 5.97. The minimum absolute atomic E-state index is 0.0120. The van der Waals surface area contributed by atoms with Crippen LogP contribution >= 0.6 is 0 Å². The van der Waals surface area contributed by atoms with Crippen molar-refractivity contribution in [2.45, 2.75) is 119 Å². The van der Waals surface area contributed by atoms with Gasteiger partial charge in [-0.1, -0.05) is 212 Å². The topological polar surface area (TPSA) is 26.3 Å². The first kappa shape index (κ1) is 51.5. The molecule has 2 nitrogen and oxygen atoms in total. The average Bonchev–Trinajstić information content (AvgIpc) is 4.11. The van der Waals surface area contributed by atoms with E-state index in [2.05, 4.69) is 223 Å². The van der Waals surface area contributed by atoms with E-state index in [0.29, 0.717) is 0 Å². The van der Waals surface area contributed by atoms with Crippen LogP contribution in [0.2, 0.25) is 0 Å². The quantitative estimate of drug-likeness (QED) is 0.166. The second kappa shape index (κ2) is 23.2. The first-order valence-corrected chi connectivity index (χ1v) is 27.5. The van der Waals surface area contributed by atoms with Gasteiger partial charge < -0.3 is 8.83 Å². The van der Waals surface area contributed by atoms with Crippen LogP contribution in [0.25, 0.3) is 84.2 Å². The number of rotatable bonds is 6. The van der Waals surface area contributed by atoms with Crippen molar-refractivity contribution in [2.24, 2.45) is 0 Å². The fourth-order valence-corrected chi connectivity index (χ4v) is 11.0. The lowest BCUT2D eigenvalue weighted by Crippen LogP contribution is -2.15. The molecule has 2 heteroatoms. The molecule has 0 aliphatic heterocycles. The van der Waals surface area contributed by atoms with Crippen molar-refractivity contribution in [1.29, 1.82) is 0 Å². The zero-order valence-electron chi connectivity index (χ0n) is 45.4. The van der Waals surface area contributed by atoms with Crippen LogP contribution in [0.3, 0.4) is 0 Å². The van der Waals surface area contributed by atoms with Crippen molar-refractivity contribution in [3.05, 3.63) is 232 Å². The Morgan fingerprint density at radius 1 is 0.486 bits per heavy atom. The van der Waals surface area contributed by atoms with E-state index in [1.54, 1.807) is 0 Å². The van der Waals surface area contributed by atoms with Gasteiger partial charge in [0.15, 0.2) is 0 Å². The van der Waals surface area contributed by atoms with Gasteiger partial charge in [0.05, 0.1) is 0 Å². The van der Waals surface area contributed by atoms with Gasteiger partial charge in [-0.15, -0.1) is 0 Å². The van der Waals surface area contributed by atoms with Gasteiger partial charge >= 0.3 is 0 Å². The Balaban J connectivity index is 0.000000135. The summed E-state index contributed by atoms with van der Waals surface area (Å²) in [6, 6.07) is 55.6. The molecule has 0 amide bonds. The molecule has 2 aromatic heterocycles. The zero-order valence-corrected chi connectivity index (χ0v) is 45.4. The molecule has 0 atom stereocenters. The molecule has 4 aliphatic rings. The average molecular weight is 971 g/mol. The van der Waals surface area contributed by atoms with E-state index >= 15 is 0 Å². The maximum Gasteiger partial charge on any atom is 0.135 e. The third-order valence-corrected chi connectivity index (χ3v) is 15.0. The number of aryl methyl sites for hydroxylation is 4. The number of hydrogen-bond donors (Lipinski definition) is 0. The third kappa shape index (κ3) is 10.8. The summed E-state index contributed by atoms with van der Waals surface area (Å²) < 4.78 is 11.9. The molecule has 0 saturated heterocycles. The van der Waals surface area contributed by atoms with Gasteiger partial charge in [0, 0.05) is 33.7 Å². The molecule has 0 bridgehead atoms. The number of fused-ring (bicyclic) bond motifs is 9. The molecule has 0 fully saturated rings. The Morgan fingerprint density at radius 2 is 1.12 bits per heavy atom. The molecule has 374 valence electrons.